The molecule has 0 spiro atoms. The topological polar surface area (TPSA) is 149 Å². The quantitative estimate of drug-likeness (QED) is 0.533. The van der Waals surface area contributed by atoms with Crippen LogP contribution in [0.3, 0.4) is 0 Å². The van der Waals surface area contributed by atoms with Gasteiger partial charge < -0.3 is 15.5 Å². The first-order chi connectivity index (χ1) is 15.1. The van der Waals surface area contributed by atoms with Crippen LogP contribution in [0.2, 0.25) is 0 Å². The summed E-state index contributed by atoms with van der Waals surface area (Å²) in [5.74, 6) is -0.970. The highest BCUT2D eigenvalue weighted by atomic mass is 32.2. The molecule has 2 atom stereocenters. The first kappa shape index (κ1) is 22.8. The second kappa shape index (κ2) is 8.20. The van der Waals surface area contributed by atoms with Gasteiger partial charge in [0.2, 0.25) is 0 Å². The molecular weight excluding hydrogens is 455 g/mol. The van der Waals surface area contributed by atoms with Gasteiger partial charge in [-0.2, -0.15) is 5.26 Å². The van der Waals surface area contributed by atoms with Gasteiger partial charge >= 0.3 is 6.03 Å². The highest BCUT2D eigenvalue weighted by Crippen LogP contribution is 2.41. The minimum absolute atomic E-state index is 0.0176. The number of anilines is 1. The van der Waals surface area contributed by atoms with Gasteiger partial charge in [-0.15, -0.1) is 15.7 Å². The van der Waals surface area contributed by atoms with E-state index in [9.17, 15) is 28.9 Å². The average Bonchev–Trinajstić information content (AvgIpc) is 3.46. The number of aliphatic hydroxyl groups is 2. The zero-order valence-corrected chi connectivity index (χ0v) is 19.0. The molecule has 2 aliphatic carbocycles. The maximum Gasteiger partial charge on any atom is 0.354 e. The molecule has 0 bridgehead atoms. The number of nitriles is 1. The Hall–Kier alpha value is -2.36. The number of benzene rings is 1. The van der Waals surface area contributed by atoms with Crippen molar-refractivity contribution in [3.63, 3.8) is 0 Å². The smallest absolute Gasteiger partial charge is 0.354 e. The third kappa shape index (κ3) is 3.82. The highest BCUT2D eigenvalue weighted by molar-refractivity contribution is 7.93. The molecule has 4 rings (SSSR count). The summed E-state index contributed by atoms with van der Waals surface area (Å²) >= 11 is 0.596. The monoisotopic (exact) mass is 478 g/mol. The van der Waals surface area contributed by atoms with E-state index in [0.29, 0.717) is 35.4 Å². The summed E-state index contributed by atoms with van der Waals surface area (Å²) < 4.78 is 30.5. The van der Waals surface area contributed by atoms with Gasteiger partial charge in [-0.05, 0) is 73.8 Å². The fourth-order valence-corrected chi connectivity index (χ4v) is 6.81. The molecule has 1 aromatic carbocycles. The van der Waals surface area contributed by atoms with Crippen LogP contribution in [0, 0.1) is 17.1 Å². The van der Waals surface area contributed by atoms with E-state index in [4.69, 9.17) is 5.14 Å². The standard InChI is InChI=1S/C21H23FN4O4S2/c1-21(29,10-27)17-8-16(22)19(31-17)32(24,30)26-20(28)25-18-13-6-2-4-11(13)15(9-23)12-5-3-7-14(12)18/h8,27,29H,2-7,10H2,1H3,(H3,24,25,26,28,30)/t21-,32-/m0/s1. The Kier molecular flexibility index (Phi) is 5.85. The lowest BCUT2D eigenvalue weighted by molar-refractivity contribution is 0.000654. The molecule has 0 aliphatic heterocycles. The molecule has 170 valence electrons. The van der Waals surface area contributed by atoms with Crippen LogP contribution >= 0.6 is 11.3 Å². The SMILES string of the molecule is C[C@](O)(CO)c1cc(F)c([S@@](N)(=O)=NC(=O)Nc2c3c(c(C#N)c4c2CCC4)CCC3)s1. The zero-order valence-electron chi connectivity index (χ0n) is 17.4. The van der Waals surface area contributed by atoms with Crippen molar-refractivity contribution >= 4 is 33.0 Å². The number of hydrogen-bond acceptors (Lipinski definition) is 6. The zero-order chi connectivity index (χ0) is 23.3. The fourth-order valence-electron chi connectivity index (χ4n) is 4.43. The van der Waals surface area contributed by atoms with E-state index >= 15 is 0 Å². The Morgan fingerprint density at radius 2 is 1.88 bits per heavy atom. The van der Waals surface area contributed by atoms with Gasteiger partial charge in [-0.1, -0.05) is 0 Å². The van der Waals surface area contributed by atoms with Crippen molar-refractivity contribution in [2.75, 3.05) is 11.9 Å². The number of rotatable bonds is 4. The van der Waals surface area contributed by atoms with Gasteiger partial charge in [-0.25, -0.2) is 18.5 Å². The van der Waals surface area contributed by atoms with Gasteiger partial charge in [0.1, 0.15) is 5.60 Å². The van der Waals surface area contributed by atoms with Crippen molar-refractivity contribution < 1.29 is 23.6 Å². The van der Waals surface area contributed by atoms with E-state index in [1.807, 2.05) is 0 Å². The number of nitrogens with zero attached hydrogens (tertiary/aromatic N) is 2. The van der Waals surface area contributed by atoms with Gasteiger partial charge in [0.25, 0.3) is 0 Å². The van der Waals surface area contributed by atoms with E-state index in [-0.39, 0.29) is 4.88 Å². The lowest BCUT2D eigenvalue weighted by atomic mass is 9.93. The molecule has 11 heteroatoms. The van der Waals surface area contributed by atoms with Gasteiger partial charge in [-0.3, -0.25) is 0 Å². The van der Waals surface area contributed by atoms with Crippen molar-refractivity contribution in [3.05, 3.63) is 44.6 Å². The Morgan fingerprint density at radius 3 is 2.41 bits per heavy atom. The molecular formula is C21H23FN4O4S2. The summed E-state index contributed by atoms with van der Waals surface area (Å²) in [5, 5.41) is 37.5. The predicted molar refractivity (Wildman–Crippen MR) is 118 cm³/mol. The highest BCUT2D eigenvalue weighted by Gasteiger charge is 2.31. The van der Waals surface area contributed by atoms with Crippen LogP contribution < -0.4 is 10.5 Å². The number of aliphatic hydroxyl groups excluding tert-OH is 1. The van der Waals surface area contributed by atoms with Crippen molar-refractivity contribution in [1.82, 2.24) is 0 Å². The second-order valence-corrected chi connectivity index (χ2v) is 11.3. The van der Waals surface area contributed by atoms with Crippen LogP contribution in [0.5, 0.6) is 0 Å². The number of urea groups is 1. The summed E-state index contributed by atoms with van der Waals surface area (Å²) in [6.45, 7) is 0.598. The normalized spacial score (nSPS) is 18.2. The average molecular weight is 479 g/mol. The molecule has 0 saturated heterocycles. The number of hydrogen-bond donors (Lipinski definition) is 4. The lowest BCUT2D eigenvalue weighted by Crippen LogP contribution is -2.24. The summed E-state index contributed by atoms with van der Waals surface area (Å²) in [6, 6.07) is 2.28. The third-order valence-electron chi connectivity index (χ3n) is 5.96. The van der Waals surface area contributed by atoms with Gasteiger partial charge in [0.05, 0.1) is 18.2 Å². The number of amides is 2. The lowest BCUT2D eigenvalue weighted by Gasteiger charge is -2.17. The number of nitrogens with two attached hydrogens (primary N) is 1. The molecule has 2 amide bonds. The minimum atomic E-state index is -3.94. The van der Waals surface area contributed by atoms with Gasteiger partial charge in [0.15, 0.2) is 19.9 Å². The molecule has 2 aromatic rings. The van der Waals surface area contributed by atoms with Crippen LogP contribution in [-0.2, 0) is 41.2 Å². The van der Waals surface area contributed by atoms with Crippen molar-refractivity contribution in [3.8, 4) is 6.07 Å². The number of halogens is 1. The van der Waals surface area contributed by atoms with Crippen LogP contribution in [0.4, 0.5) is 14.9 Å². The van der Waals surface area contributed by atoms with E-state index in [1.54, 1.807) is 0 Å². The van der Waals surface area contributed by atoms with E-state index < -0.39 is 38.2 Å². The first-order valence-electron chi connectivity index (χ1n) is 10.2. The Balaban J connectivity index is 1.71. The predicted octanol–water partition coefficient (Wildman–Crippen LogP) is 2.87. The summed E-state index contributed by atoms with van der Waals surface area (Å²) in [4.78, 5) is 12.7. The Bertz CT molecular complexity index is 1250. The van der Waals surface area contributed by atoms with Crippen molar-refractivity contribution in [2.24, 2.45) is 9.50 Å². The fraction of sp³-hybridized carbons (Fsp3) is 0.429. The van der Waals surface area contributed by atoms with Crippen LogP contribution in [0.25, 0.3) is 0 Å². The molecule has 0 radical (unpaired) electrons. The number of carbonyl (C=O) groups is 1. The molecule has 2 aliphatic rings. The number of carbonyl (C=O) groups excluding carboxylic acids is 1. The van der Waals surface area contributed by atoms with E-state index in [1.165, 1.54) is 6.92 Å². The Labute approximate surface area is 189 Å². The first-order valence-corrected chi connectivity index (χ1v) is 12.6. The molecule has 5 N–H and O–H groups in total. The Morgan fingerprint density at radius 1 is 1.31 bits per heavy atom. The van der Waals surface area contributed by atoms with Crippen molar-refractivity contribution in [2.45, 2.75) is 55.3 Å². The largest absolute Gasteiger partial charge is 0.393 e. The molecule has 8 nitrogen and oxygen atoms in total. The maximum atomic E-state index is 14.4. The summed E-state index contributed by atoms with van der Waals surface area (Å²) in [5.41, 5.74) is 3.24. The minimum Gasteiger partial charge on any atom is -0.393 e. The molecule has 0 saturated carbocycles. The molecule has 1 heterocycles. The number of nitrogens with one attached hydrogen (secondary N) is 1. The van der Waals surface area contributed by atoms with Crippen LogP contribution in [0.1, 0.15) is 52.5 Å². The van der Waals surface area contributed by atoms with Crippen molar-refractivity contribution in [1.29, 1.82) is 5.26 Å². The molecule has 0 fully saturated rings. The second-order valence-electron chi connectivity index (χ2n) is 8.25. The molecule has 32 heavy (non-hydrogen) atoms. The van der Waals surface area contributed by atoms with E-state index in [0.717, 1.165) is 54.0 Å². The number of fused-ring (bicyclic) bond motifs is 2. The maximum absolute atomic E-state index is 14.4. The van der Waals surface area contributed by atoms with Crippen LogP contribution in [0.15, 0.2) is 14.6 Å². The summed E-state index contributed by atoms with van der Waals surface area (Å²) in [6.07, 6.45) is 4.68. The third-order valence-corrected chi connectivity index (χ3v) is 9.25. The van der Waals surface area contributed by atoms with E-state index in [2.05, 4.69) is 15.7 Å². The number of thiophene rings is 1. The van der Waals surface area contributed by atoms with Crippen LogP contribution in [-0.4, -0.2) is 27.1 Å². The molecule has 1 aromatic heterocycles. The van der Waals surface area contributed by atoms with Gasteiger partial charge in [0, 0.05) is 10.6 Å². The molecule has 0 unspecified atom stereocenters. The summed E-state index contributed by atoms with van der Waals surface area (Å²) in [7, 11) is -3.94.